The lowest BCUT2D eigenvalue weighted by Crippen LogP contribution is -2.28. The highest BCUT2D eigenvalue weighted by Gasteiger charge is 2.32. The van der Waals surface area contributed by atoms with Gasteiger partial charge in [-0.15, -0.1) is 0 Å². The molecule has 9 heteroatoms. The second-order valence-corrected chi connectivity index (χ2v) is 7.47. The highest BCUT2D eigenvalue weighted by molar-refractivity contribution is 5.81. The fourth-order valence-corrected chi connectivity index (χ4v) is 4.25. The van der Waals surface area contributed by atoms with Crippen molar-refractivity contribution in [3.05, 3.63) is 35.2 Å². The first-order chi connectivity index (χ1) is 13.5. The number of ether oxygens (including phenoxy) is 1. The van der Waals surface area contributed by atoms with Crippen LogP contribution in [-0.4, -0.2) is 45.3 Å². The molecule has 3 aromatic rings. The van der Waals surface area contributed by atoms with Gasteiger partial charge in [-0.25, -0.2) is 19.3 Å². The summed E-state index contributed by atoms with van der Waals surface area (Å²) < 4.78 is 22.9. The SMILES string of the molecule is Cc1c(F)c2c(c(N3CCC(N)C3)c1Cn1cnc3c(N)ncnc31)OCC2. The van der Waals surface area contributed by atoms with Crippen LogP contribution in [0.25, 0.3) is 11.2 Å². The van der Waals surface area contributed by atoms with Crippen molar-refractivity contribution in [3.8, 4) is 5.75 Å². The Balaban J connectivity index is 1.68. The van der Waals surface area contributed by atoms with Gasteiger partial charge in [-0.3, -0.25) is 0 Å². The maximum absolute atomic E-state index is 15.1. The average molecular weight is 383 g/mol. The highest BCUT2D eigenvalue weighted by Crippen LogP contribution is 2.44. The second kappa shape index (κ2) is 6.30. The van der Waals surface area contributed by atoms with E-state index in [2.05, 4.69) is 19.9 Å². The minimum absolute atomic E-state index is 0.108. The molecule has 8 nitrogen and oxygen atoms in total. The third-order valence-corrected chi connectivity index (χ3v) is 5.72. The lowest BCUT2D eigenvalue weighted by molar-refractivity contribution is 0.356. The molecule has 28 heavy (non-hydrogen) atoms. The molecule has 0 spiro atoms. The fraction of sp³-hybridized carbons (Fsp3) is 0.421. The zero-order valence-electron chi connectivity index (χ0n) is 15.7. The number of halogens is 1. The summed E-state index contributed by atoms with van der Waals surface area (Å²) in [6.07, 6.45) is 4.57. The summed E-state index contributed by atoms with van der Waals surface area (Å²) in [5.41, 5.74) is 16.3. The number of hydrogen-bond acceptors (Lipinski definition) is 7. The summed E-state index contributed by atoms with van der Waals surface area (Å²) in [6.45, 7) is 4.29. The Bertz CT molecular complexity index is 1080. The van der Waals surface area contributed by atoms with Crippen LogP contribution in [-0.2, 0) is 13.0 Å². The summed E-state index contributed by atoms with van der Waals surface area (Å²) in [5.74, 6) is 0.800. The molecule has 0 saturated carbocycles. The lowest BCUT2D eigenvalue weighted by atomic mass is 9.98. The summed E-state index contributed by atoms with van der Waals surface area (Å²) in [5, 5.41) is 0. The van der Waals surface area contributed by atoms with Crippen molar-refractivity contribution >= 4 is 22.7 Å². The Hall–Kier alpha value is -2.94. The van der Waals surface area contributed by atoms with Crippen molar-refractivity contribution in [1.82, 2.24) is 19.5 Å². The molecule has 0 radical (unpaired) electrons. The van der Waals surface area contributed by atoms with Gasteiger partial charge in [0, 0.05) is 36.7 Å². The van der Waals surface area contributed by atoms with E-state index >= 15 is 4.39 Å². The van der Waals surface area contributed by atoms with Crippen LogP contribution in [0.2, 0.25) is 0 Å². The Morgan fingerprint density at radius 2 is 2.18 bits per heavy atom. The number of nitrogens with zero attached hydrogens (tertiary/aromatic N) is 5. The molecular formula is C19H22FN7O. The largest absolute Gasteiger partial charge is 0.491 e. The van der Waals surface area contributed by atoms with E-state index in [0.29, 0.717) is 53.4 Å². The quantitative estimate of drug-likeness (QED) is 0.703. The molecular weight excluding hydrogens is 361 g/mol. The molecule has 2 aliphatic heterocycles. The Morgan fingerprint density at radius 3 is 2.96 bits per heavy atom. The smallest absolute Gasteiger partial charge is 0.165 e. The minimum Gasteiger partial charge on any atom is -0.491 e. The first kappa shape index (κ1) is 17.2. The zero-order chi connectivity index (χ0) is 19.4. The van der Waals surface area contributed by atoms with E-state index < -0.39 is 0 Å². The maximum Gasteiger partial charge on any atom is 0.165 e. The number of benzene rings is 1. The van der Waals surface area contributed by atoms with Gasteiger partial charge < -0.3 is 25.7 Å². The van der Waals surface area contributed by atoms with Gasteiger partial charge >= 0.3 is 0 Å². The van der Waals surface area contributed by atoms with Crippen LogP contribution in [0.15, 0.2) is 12.7 Å². The van der Waals surface area contributed by atoms with Crippen LogP contribution in [0.5, 0.6) is 5.75 Å². The number of imidazole rings is 1. The molecule has 4 N–H and O–H groups in total. The molecule has 0 aliphatic carbocycles. The van der Waals surface area contributed by atoms with Gasteiger partial charge in [-0.1, -0.05) is 0 Å². The molecule has 4 heterocycles. The van der Waals surface area contributed by atoms with E-state index in [4.69, 9.17) is 16.2 Å². The molecule has 0 bridgehead atoms. The summed E-state index contributed by atoms with van der Waals surface area (Å²) in [6, 6.07) is 0.108. The number of nitrogens with two attached hydrogens (primary N) is 2. The van der Waals surface area contributed by atoms with Crippen molar-refractivity contribution < 1.29 is 9.13 Å². The van der Waals surface area contributed by atoms with E-state index in [1.165, 1.54) is 6.33 Å². The second-order valence-electron chi connectivity index (χ2n) is 7.47. The number of nitrogen functional groups attached to an aromatic ring is 1. The predicted molar refractivity (Wildman–Crippen MR) is 104 cm³/mol. The van der Waals surface area contributed by atoms with E-state index in [0.717, 1.165) is 30.8 Å². The van der Waals surface area contributed by atoms with Crippen molar-refractivity contribution in [3.63, 3.8) is 0 Å². The highest BCUT2D eigenvalue weighted by atomic mass is 19.1. The minimum atomic E-state index is -0.187. The molecule has 1 unspecified atom stereocenters. The number of aromatic nitrogens is 4. The number of hydrogen-bond donors (Lipinski definition) is 2. The standard InChI is InChI=1S/C19H22FN7O/c1-10-13(7-27-9-25-15-18(22)23-8-24-19(15)27)16(26-4-2-11(21)6-26)17-12(14(10)20)3-5-28-17/h8-9,11H,2-7,21H2,1H3,(H2,22,23,24). The third-order valence-electron chi connectivity index (χ3n) is 5.72. The molecule has 1 fully saturated rings. The van der Waals surface area contributed by atoms with Crippen molar-refractivity contribution in [2.45, 2.75) is 32.4 Å². The normalized spacial score (nSPS) is 18.7. The predicted octanol–water partition coefficient (Wildman–Crippen LogP) is 1.38. The van der Waals surface area contributed by atoms with Crippen LogP contribution in [0.4, 0.5) is 15.9 Å². The van der Waals surface area contributed by atoms with Crippen molar-refractivity contribution in [1.29, 1.82) is 0 Å². The van der Waals surface area contributed by atoms with Gasteiger partial charge in [0.25, 0.3) is 0 Å². The first-order valence-electron chi connectivity index (χ1n) is 9.43. The monoisotopic (exact) mass is 383 g/mol. The summed E-state index contributed by atoms with van der Waals surface area (Å²) >= 11 is 0. The van der Waals surface area contributed by atoms with Crippen molar-refractivity contribution in [2.24, 2.45) is 5.73 Å². The fourth-order valence-electron chi connectivity index (χ4n) is 4.25. The van der Waals surface area contributed by atoms with Crippen molar-refractivity contribution in [2.75, 3.05) is 30.3 Å². The lowest BCUT2D eigenvalue weighted by Gasteiger charge is -2.26. The van der Waals surface area contributed by atoms with Gasteiger partial charge in [-0.2, -0.15) is 0 Å². The first-order valence-corrected chi connectivity index (χ1v) is 9.43. The topological polar surface area (TPSA) is 108 Å². The van der Waals surface area contributed by atoms with Crippen LogP contribution >= 0.6 is 0 Å². The van der Waals surface area contributed by atoms with Crippen LogP contribution < -0.4 is 21.1 Å². The van der Waals surface area contributed by atoms with E-state index in [1.54, 1.807) is 6.33 Å². The molecule has 5 rings (SSSR count). The average Bonchev–Trinajstić information content (AvgIpc) is 3.41. The Kier molecular flexibility index (Phi) is 3.87. The Labute approximate surface area is 161 Å². The third kappa shape index (κ3) is 2.50. The Morgan fingerprint density at radius 1 is 1.32 bits per heavy atom. The molecule has 2 aliphatic rings. The van der Waals surface area contributed by atoms with Crippen LogP contribution in [0, 0.1) is 12.7 Å². The summed E-state index contributed by atoms with van der Waals surface area (Å²) in [7, 11) is 0. The summed E-state index contributed by atoms with van der Waals surface area (Å²) in [4.78, 5) is 14.9. The molecule has 1 saturated heterocycles. The molecule has 0 amide bonds. The van der Waals surface area contributed by atoms with Gasteiger partial charge in [0.15, 0.2) is 11.5 Å². The van der Waals surface area contributed by atoms with Crippen LogP contribution in [0.3, 0.4) is 0 Å². The number of anilines is 2. The zero-order valence-corrected chi connectivity index (χ0v) is 15.7. The van der Waals surface area contributed by atoms with Gasteiger partial charge in [0.2, 0.25) is 0 Å². The van der Waals surface area contributed by atoms with E-state index in [9.17, 15) is 0 Å². The van der Waals surface area contributed by atoms with Crippen LogP contribution in [0.1, 0.15) is 23.1 Å². The number of fused-ring (bicyclic) bond motifs is 2. The molecule has 1 atom stereocenters. The van der Waals surface area contributed by atoms with Gasteiger partial charge in [-0.05, 0) is 18.9 Å². The maximum atomic E-state index is 15.1. The molecule has 1 aromatic carbocycles. The number of rotatable bonds is 3. The molecule has 2 aromatic heterocycles. The van der Waals surface area contributed by atoms with E-state index in [1.807, 2.05) is 11.5 Å². The van der Waals surface area contributed by atoms with E-state index in [-0.39, 0.29) is 11.9 Å². The molecule has 146 valence electrons. The van der Waals surface area contributed by atoms with Gasteiger partial charge in [0.05, 0.1) is 25.2 Å². The van der Waals surface area contributed by atoms with Gasteiger partial charge in [0.1, 0.15) is 23.4 Å².